The second-order valence-corrected chi connectivity index (χ2v) is 6.02. The fourth-order valence-electron chi connectivity index (χ4n) is 3.38. The molecule has 0 aromatic carbocycles. The lowest BCUT2D eigenvalue weighted by Gasteiger charge is -2.34. The zero-order valence-corrected chi connectivity index (χ0v) is 11.3. The maximum atomic E-state index is 12.6. The van der Waals surface area contributed by atoms with Crippen LogP contribution in [0.15, 0.2) is 5.57 Å². The number of ketones is 1. The lowest BCUT2D eigenvalue weighted by atomic mass is 9.71. The molecule has 0 fully saturated rings. The number of fused-ring (bicyclic) bond motifs is 2. The van der Waals surface area contributed by atoms with E-state index in [-0.39, 0.29) is 17.1 Å². The Labute approximate surface area is 111 Å². The van der Waals surface area contributed by atoms with E-state index in [2.05, 4.69) is 9.97 Å². The number of aromatic nitrogens is 2. The standard InChI is InChI=1S/C14H17N3O2/c1-6-9-11(17-13(15)16-6)8-4-7(18)5-14(2,3)10(8)12(9)19/h7,18H,4-5H2,1-3H3,(H2,15,16,17)/t7-/m1/s1. The summed E-state index contributed by atoms with van der Waals surface area (Å²) < 4.78 is 0. The molecular formula is C14H17N3O2. The molecule has 0 bridgehead atoms. The van der Waals surface area contributed by atoms with Crippen LogP contribution in [0.5, 0.6) is 0 Å². The topological polar surface area (TPSA) is 89.1 Å². The fourth-order valence-corrected chi connectivity index (χ4v) is 3.38. The Bertz CT molecular complexity index is 632. The van der Waals surface area contributed by atoms with Gasteiger partial charge in [0.1, 0.15) is 0 Å². The molecule has 2 aliphatic carbocycles. The number of hydrogen-bond acceptors (Lipinski definition) is 5. The van der Waals surface area contributed by atoms with Crippen molar-refractivity contribution >= 4 is 17.3 Å². The number of aliphatic hydroxyl groups excluding tert-OH is 1. The van der Waals surface area contributed by atoms with Crippen molar-refractivity contribution in [1.82, 2.24) is 9.97 Å². The number of carbonyl (C=O) groups excluding carboxylic acids is 1. The van der Waals surface area contributed by atoms with Crippen LogP contribution in [0.4, 0.5) is 5.95 Å². The smallest absolute Gasteiger partial charge is 0.220 e. The molecule has 0 unspecified atom stereocenters. The highest BCUT2D eigenvalue weighted by atomic mass is 16.3. The van der Waals surface area contributed by atoms with Crippen molar-refractivity contribution in [2.24, 2.45) is 5.41 Å². The van der Waals surface area contributed by atoms with Gasteiger partial charge in [0.15, 0.2) is 5.78 Å². The van der Waals surface area contributed by atoms with E-state index in [0.29, 0.717) is 29.8 Å². The van der Waals surface area contributed by atoms with E-state index >= 15 is 0 Å². The summed E-state index contributed by atoms with van der Waals surface area (Å²) in [5, 5.41) is 10.0. The van der Waals surface area contributed by atoms with E-state index in [1.165, 1.54) is 0 Å². The Morgan fingerprint density at radius 1 is 1.37 bits per heavy atom. The second kappa shape index (κ2) is 3.63. The number of rotatable bonds is 0. The molecule has 1 heterocycles. The average Bonchev–Trinajstić information content (AvgIpc) is 2.51. The van der Waals surface area contributed by atoms with Crippen LogP contribution in [0.3, 0.4) is 0 Å². The monoisotopic (exact) mass is 259 g/mol. The molecule has 1 aromatic rings. The van der Waals surface area contributed by atoms with Gasteiger partial charge in [0, 0.05) is 12.0 Å². The molecule has 3 rings (SSSR count). The third-order valence-electron chi connectivity index (χ3n) is 4.01. The van der Waals surface area contributed by atoms with Crippen molar-refractivity contribution in [3.05, 3.63) is 22.5 Å². The number of aliphatic hydroxyl groups is 1. The molecule has 5 nitrogen and oxygen atoms in total. The van der Waals surface area contributed by atoms with Crippen LogP contribution < -0.4 is 5.73 Å². The summed E-state index contributed by atoms with van der Waals surface area (Å²) in [7, 11) is 0. The number of aryl methyl sites for hydroxylation is 1. The van der Waals surface area contributed by atoms with Gasteiger partial charge in [0.2, 0.25) is 5.95 Å². The summed E-state index contributed by atoms with van der Waals surface area (Å²) >= 11 is 0. The number of allylic oxidation sites excluding steroid dienone is 1. The van der Waals surface area contributed by atoms with E-state index in [1.807, 2.05) is 13.8 Å². The molecule has 5 heteroatoms. The molecule has 0 saturated heterocycles. The fraction of sp³-hybridized carbons (Fsp3) is 0.500. The van der Waals surface area contributed by atoms with E-state index in [4.69, 9.17) is 5.73 Å². The number of nitrogens with zero attached hydrogens (tertiary/aromatic N) is 2. The van der Waals surface area contributed by atoms with Crippen molar-refractivity contribution in [2.45, 2.75) is 39.7 Å². The van der Waals surface area contributed by atoms with E-state index in [9.17, 15) is 9.90 Å². The van der Waals surface area contributed by atoms with Crippen molar-refractivity contribution in [3.8, 4) is 0 Å². The quantitative estimate of drug-likeness (QED) is 0.737. The van der Waals surface area contributed by atoms with E-state index in [1.54, 1.807) is 6.92 Å². The molecule has 3 N–H and O–H groups in total. The molecule has 100 valence electrons. The summed E-state index contributed by atoms with van der Waals surface area (Å²) in [5.41, 5.74) is 8.76. The van der Waals surface area contributed by atoms with Gasteiger partial charge in [-0.15, -0.1) is 0 Å². The van der Waals surface area contributed by atoms with Crippen LogP contribution in [0, 0.1) is 12.3 Å². The van der Waals surface area contributed by atoms with Crippen molar-refractivity contribution in [1.29, 1.82) is 0 Å². The molecular weight excluding hydrogens is 242 g/mol. The van der Waals surface area contributed by atoms with Gasteiger partial charge < -0.3 is 10.8 Å². The molecule has 0 spiro atoms. The Balaban J connectivity index is 2.28. The minimum Gasteiger partial charge on any atom is -0.393 e. The number of anilines is 1. The summed E-state index contributed by atoms with van der Waals surface area (Å²) in [5.74, 6) is 0.176. The first kappa shape index (κ1) is 12.3. The number of carbonyl (C=O) groups is 1. The summed E-state index contributed by atoms with van der Waals surface area (Å²) in [6.45, 7) is 5.75. The molecule has 1 atom stereocenters. The zero-order valence-electron chi connectivity index (χ0n) is 11.3. The summed E-state index contributed by atoms with van der Waals surface area (Å²) in [6, 6.07) is 0. The number of Topliss-reactive ketones (excluding diaryl/α,β-unsaturated/α-hetero) is 1. The van der Waals surface area contributed by atoms with Crippen LogP contribution in [-0.4, -0.2) is 27.0 Å². The number of hydrogen-bond donors (Lipinski definition) is 2. The van der Waals surface area contributed by atoms with Crippen LogP contribution in [0.1, 0.15) is 48.4 Å². The molecule has 1 aromatic heterocycles. The number of nitrogens with two attached hydrogens (primary N) is 1. The molecule has 2 aliphatic rings. The predicted octanol–water partition coefficient (Wildman–Crippen LogP) is 1.50. The first-order valence-corrected chi connectivity index (χ1v) is 6.42. The highest BCUT2D eigenvalue weighted by molar-refractivity contribution is 6.21. The van der Waals surface area contributed by atoms with Gasteiger partial charge in [0.05, 0.1) is 23.1 Å². The van der Waals surface area contributed by atoms with E-state index in [0.717, 1.165) is 11.1 Å². The van der Waals surface area contributed by atoms with Crippen molar-refractivity contribution in [2.75, 3.05) is 5.73 Å². The number of nitrogen functional groups attached to an aromatic ring is 1. The van der Waals surface area contributed by atoms with Gasteiger partial charge >= 0.3 is 0 Å². The largest absolute Gasteiger partial charge is 0.393 e. The van der Waals surface area contributed by atoms with Gasteiger partial charge in [-0.05, 0) is 24.3 Å². The van der Waals surface area contributed by atoms with Gasteiger partial charge in [-0.1, -0.05) is 13.8 Å². The maximum absolute atomic E-state index is 12.6. The van der Waals surface area contributed by atoms with E-state index < -0.39 is 6.10 Å². The van der Waals surface area contributed by atoms with Crippen LogP contribution in [0.2, 0.25) is 0 Å². The van der Waals surface area contributed by atoms with Crippen LogP contribution in [-0.2, 0) is 0 Å². The summed E-state index contributed by atoms with van der Waals surface area (Å²) in [6.07, 6.45) is 0.616. The Kier molecular flexibility index (Phi) is 2.35. The highest BCUT2D eigenvalue weighted by Gasteiger charge is 2.45. The Hall–Kier alpha value is -1.75. The van der Waals surface area contributed by atoms with Crippen molar-refractivity contribution in [3.63, 3.8) is 0 Å². The van der Waals surface area contributed by atoms with Gasteiger partial charge in [0.25, 0.3) is 0 Å². The SMILES string of the molecule is Cc1nc(N)nc2c1C(=O)C1=C2C[C@@H](O)CC1(C)C. The zero-order chi connectivity index (χ0) is 13.9. The lowest BCUT2D eigenvalue weighted by molar-refractivity contribution is 0.0950. The Morgan fingerprint density at radius 3 is 2.74 bits per heavy atom. The normalized spacial score (nSPS) is 24.4. The molecule has 19 heavy (non-hydrogen) atoms. The first-order chi connectivity index (χ1) is 8.81. The minimum atomic E-state index is -0.441. The van der Waals surface area contributed by atoms with Crippen LogP contribution >= 0.6 is 0 Å². The molecule has 0 saturated carbocycles. The molecule has 0 radical (unpaired) electrons. The lowest BCUT2D eigenvalue weighted by Crippen LogP contribution is -2.30. The third-order valence-corrected chi connectivity index (χ3v) is 4.01. The minimum absolute atomic E-state index is 0.000556. The third kappa shape index (κ3) is 1.61. The maximum Gasteiger partial charge on any atom is 0.220 e. The van der Waals surface area contributed by atoms with Gasteiger partial charge in [-0.2, -0.15) is 0 Å². The van der Waals surface area contributed by atoms with Crippen molar-refractivity contribution < 1.29 is 9.90 Å². The molecule has 0 amide bonds. The molecule has 0 aliphatic heterocycles. The average molecular weight is 259 g/mol. The van der Waals surface area contributed by atoms with Crippen LogP contribution in [0.25, 0.3) is 5.57 Å². The first-order valence-electron chi connectivity index (χ1n) is 6.42. The predicted molar refractivity (Wildman–Crippen MR) is 71.5 cm³/mol. The van der Waals surface area contributed by atoms with Gasteiger partial charge in [-0.25, -0.2) is 9.97 Å². The Morgan fingerprint density at radius 2 is 2.05 bits per heavy atom. The van der Waals surface area contributed by atoms with Gasteiger partial charge in [-0.3, -0.25) is 4.79 Å². The highest BCUT2D eigenvalue weighted by Crippen LogP contribution is 2.49. The summed E-state index contributed by atoms with van der Waals surface area (Å²) in [4.78, 5) is 20.9. The second-order valence-electron chi connectivity index (χ2n) is 6.02.